The summed E-state index contributed by atoms with van der Waals surface area (Å²) in [5.41, 5.74) is 8.67. The lowest BCUT2D eigenvalue weighted by Crippen LogP contribution is -2.01. The molecule has 3 aromatic heterocycles. The van der Waals surface area contributed by atoms with Crippen molar-refractivity contribution in [1.29, 1.82) is 0 Å². The van der Waals surface area contributed by atoms with Crippen LogP contribution in [0.5, 0.6) is 0 Å². The molecule has 0 saturated heterocycles. The Hall–Kier alpha value is -6.46. The Morgan fingerprint density at radius 3 is 1.47 bits per heavy atom. The first-order valence-electron chi connectivity index (χ1n) is 15.5. The molecular formula is C42H26N4O. The molecule has 0 aliphatic heterocycles. The molecule has 5 heteroatoms. The van der Waals surface area contributed by atoms with Crippen LogP contribution in [0.4, 0.5) is 0 Å². The van der Waals surface area contributed by atoms with E-state index in [0.29, 0.717) is 23.2 Å². The van der Waals surface area contributed by atoms with E-state index in [1.165, 1.54) is 11.1 Å². The number of hydrogen-bond acceptors (Lipinski definition) is 5. The van der Waals surface area contributed by atoms with Gasteiger partial charge in [-0.15, -0.1) is 0 Å². The quantitative estimate of drug-likeness (QED) is 0.196. The fraction of sp³-hybridized carbons (Fsp3) is 0. The van der Waals surface area contributed by atoms with Gasteiger partial charge in [-0.25, -0.2) is 15.0 Å². The molecule has 0 unspecified atom stereocenters. The minimum Gasteiger partial charge on any atom is -0.456 e. The molecule has 0 atom stereocenters. The van der Waals surface area contributed by atoms with Gasteiger partial charge in [-0.05, 0) is 51.2 Å². The average Bonchev–Trinajstić information content (AvgIpc) is 3.52. The van der Waals surface area contributed by atoms with Crippen molar-refractivity contribution in [3.63, 3.8) is 0 Å². The molecule has 0 bridgehead atoms. The van der Waals surface area contributed by atoms with Crippen LogP contribution in [-0.2, 0) is 0 Å². The molecule has 0 aliphatic carbocycles. The summed E-state index contributed by atoms with van der Waals surface area (Å²) in [6.07, 6.45) is 1.75. The van der Waals surface area contributed by atoms with E-state index in [4.69, 9.17) is 24.4 Å². The maximum Gasteiger partial charge on any atom is 0.183 e. The second-order valence-corrected chi connectivity index (χ2v) is 11.5. The van der Waals surface area contributed by atoms with Crippen LogP contribution in [0.2, 0.25) is 0 Å². The number of furan rings is 1. The second-order valence-electron chi connectivity index (χ2n) is 11.5. The maximum absolute atomic E-state index is 6.33. The highest BCUT2D eigenvalue weighted by atomic mass is 16.3. The fourth-order valence-corrected chi connectivity index (χ4v) is 6.20. The van der Waals surface area contributed by atoms with Crippen molar-refractivity contribution in [1.82, 2.24) is 19.9 Å². The van der Waals surface area contributed by atoms with E-state index in [-0.39, 0.29) is 0 Å². The van der Waals surface area contributed by atoms with Crippen LogP contribution in [0.3, 0.4) is 0 Å². The first-order chi connectivity index (χ1) is 23.3. The summed E-state index contributed by atoms with van der Waals surface area (Å²) in [4.78, 5) is 19.8. The molecule has 0 spiro atoms. The van der Waals surface area contributed by atoms with E-state index < -0.39 is 0 Å². The molecule has 5 nitrogen and oxygen atoms in total. The van der Waals surface area contributed by atoms with Gasteiger partial charge >= 0.3 is 0 Å². The molecule has 47 heavy (non-hydrogen) atoms. The summed E-state index contributed by atoms with van der Waals surface area (Å²) in [5, 5.41) is 4.12. The molecule has 9 rings (SSSR count). The molecule has 3 heterocycles. The maximum atomic E-state index is 6.33. The van der Waals surface area contributed by atoms with Gasteiger partial charge in [0.2, 0.25) is 0 Å². The lowest BCUT2D eigenvalue weighted by Gasteiger charge is -2.10. The Kier molecular flexibility index (Phi) is 6.39. The second kappa shape index (κ2) is 11.2. The van der Waals surface area contributed by atoms with Gasteiger partial charge in [-0.2, -0.15) is 0 Å². The zero-order valence-electron chi connectivity index (χ0n) is 25.2. The van der Waals surface area contributed by atoms with Gasteiger partial charge in [0.05, 0.1) is 5.39 Å². The van der Waals surface area contributed by atoms with Gasteiger partial charge in [0.25, 0.3) is 0 Å². The van der Waals surface area contributed by atoms with Gasteiger partial charge in [0.15, 0.2) is 17.5 Å². The molecule has 0 aliphatic rings. The first kappa shape index (κ1) is 26.9. The van der Waals surface area contributed by atoms with Crippen molar-refractivity contribution in [2.24, 2.45) is 0 Å². The lowest BCUT2D eigenvalue weighted by molar-refractivity contribution is 0.669. The highest BCUT2D eigenvalue weighted by molar-refractivity contribution is 6.14. The van der Waals surface area contributed by atoms with Crippen molar-refractivity contribution >= 4 is 32.7 Å². The zero-order chi connectivity index (χ0) is 31.2. The van der Waals surface area contributed by atoms with E-state index in [2.05, 4.69) is 97.1 Å². The highest BCUT2D eigenvalue weighted by Gasteiger charge is 2.19. The largest absolute Gasteiger partial charge is 0.456 e. The summed E-state index contributed by atoms with van der Waals surface area (Å²) in [6.45, 7) is 0. The number of fused-ring (bicyclic) bond motifs is 4. The minimum absolute atomic E-state index is 0.496. The van der Waals surface area contributed by atoms with Crippen LogP contribution in [-0.4, -0.2) is 19.9 Å². The number of rotatable bonds is 5. The third-order valence-corrected chi connectivity index (χ3v) is 8.60. The fourth-order valence-electron chi connectivity index (χ4n) is 6.20. The number of pyridine rings is 1. The van der Waals surface area contributed by atoms with Crippen molar-refractivity contribution in [3.05, 3.63) is 158 Å². The van der Waals surface area contributed by atoms with Gasteiger partial charge in [0.1, 0.15) is 16.9 Å². The summed E-state index contributed by atoms with van der Waals surface area (Å²) in [5.74, 6) is 1.66. The van der Waals surface area contributed by atoms with Crippen LogP contribution in [0.25, 0.3) is 89.3 Å². The molecule has 0 saturated carbocycles. The van der Waals surface area contributed by atoms with E-state index in [1.807, 2.05) is 54.6 Å². The Morgan fingerprint density at radius 2 is 0.851 bits per heavy atom. The molecule has 0 amide bonds. The predicted octanol–water partition coefficient (Wildman–Crippen LogP) is 10.7. The third kappa shape index (κ3) is 4.91. The normalized spacial score (nSPS) is 11.4. The van der Waals surface area contributed by atoms with Gasteiger partial charge in [0, 0.05) is 22.7 Å². The molecule has 6 aromatic carbocycles. The van der Waals surface area contributed by atoms with Crippen molar-refractivity contribution in [3.8, 4) is 56.5 Å². The van der Waals surface area contributed by atoms with Crippen molar-refractivity contribution < 1.29 is 4.42 Å². The number of hydrogen-bond donors (Lipinski definition) is 0. The third-order valence-electron chi connectivity index (χ3n) is 8.60. The van der Waals surface area contributed by atoms with Gasteiger partial charge in [-0.1, -0.05) is 133 Å². The van der Waals surface area contributed by atoms with E-state index >= 15 is 0 Å². The first-order valence-corrected chi connectivity index (χ1v) is 15.5. The number of nitrogens with zero attached hydrogens (tertiary/aromatic N) is 4. The standard InChI is InChI=1S/C42H26N4O/c1-3-9-27(10-4-1)28-15-17-29(18-16-28)30-19-21-32(22-20-30)41-44-40(31-11-5-2-6-12-31)45-42(46-41)39-38-35-25-33-13-7-8-14-34(33)26-37(35)47-36(38)23-24-43-39/h1-26H. The van der Waals surface area contributed by atoms with Crippen LogP contribution in [0.15, 0.2) is 162 Å². The number of aromatic nitrogens is 4. The Morgan fingerprint density at radius 1 is 0.383 bits per heavy atom. The summed E-state index contributed by atoms with van der Waals surface area (Å²) >= 11 is 0. The molecule has 0 radical (unpaired) electrons. The Labute approximate surface area is 270 Å². The molecule has 220 valence electrons. The number of benzene rings is 6. The van der Waals surface area contributed by atoms with Crippen LogP contribution >= 0.6 is 0 Å². The minimum atomic E-state index is 0.496. The average molecular weight is 603 g/mol. The van der Waals surface area contributed by atoms with Crippen molar-refractivity contribution in [2.45, 2.75) is 0 Å². The van der Waals surface area contributed by atoms with E-state index in [0.717, 1.165) is 55.0 Å². The van der Waals surface area contributed by atoms with Gasteiger partial charge < -0.3 is 4.42 Å². The molecule has 0 N–H and O–H groups in total. The monoisotopic (exact) mass is 602 g/mol. The van der Waals surface area contributed by atoms with E-state index in [1.54, 1.807) is 6.20 Å². The van der Waals surface area contributed by atoms with E-state index in [9.17, 15) is 0 Å². The summed E-state index contributed by atoms with van der Waals surface area (Å²) < 4.78 is 6.33. The zero-order valence-corrected chi connectivity index (χ0v) is 25.2. The van der Waals surface area contributed by atoms with Crippen LogP contribution in [0, 0.1) is 0 Å². The molecular weight excluding hydrogens is 576 g/mol. The molecule has 0 fully saturated rings. The molecule has 9 aromatic rings. The topological polar surface area (TPSA) is 64.7 Å². The van der Waals surface area contributed by atoms with Crippen molar-refractivity contribution in [2.75, 3.05) is 0 Å². The summed E-state index contributed by atoms with van der Waals surface area (Å²) in [7, 11) is 0. The smallest absolute Gasteiger partial charge is 0.183 e. The Balaban J connectivity index is 1.16. The van der Waals surface area contributed by atoms with Crippen LogP contribution in [0.1, 0.15) is 0 Å². The van der Waals surface area contributed by atoms with Crippen LogP contribution < -0.4 is 0 Å². The summed E-state index contributed by atoms with van der Waals surface area (Å²) in [6, 6.07) is 51.9. The SMILES string of the molecule is c1ccc(-c2ccc(-c3ccc(-c4nc(-c5ccccc5)nc(-c5nccc6oc7cc8ccccc8cc7c56)n4)cc3)cc2)cc1. The predicted molar refractivity (Wildman–Crippen MR) is 190 cm³/mol. The highest BCUT2D eigenvalue weighted by Crippen LogP contribution is 2.37. The Bertz CT molecular complexity index is 2540. The van der Waals surface area contributed by atoms with Gasteiger partial charge in [-0.3, -0.25) is 4.98 Å². The lowest BCUT2D eigenvalue weighted by atomic mass is 9.99.